The summed E-state index contributed by atoms with van der Waals surface area (Å²) in [6, 6.07) is 7.76. The number of aryl methyl sites for hydroxylation is 1. The van der Waals surface area contributed by atoms with Gasteiger partial charge in [0.25, 0.3) is 0 Å². The van der Waals surface area contributed by atoms with E-state index in [-0.39, 0.29) is 0 Å². The van der Waals surface area contributed by atoms with Crippen LogP contribution >= 0.6 is 11.6 Å². The lowest BCUT2D eigenvalue weighted by molar-refractivity contribution is 0.690. The minimum absolute atomic E-state index is 0.526. The molecular weight excluding hydrogens is 210 g/mol. The van der Waals surface area contributed by atoms with Crippen LogP contribution < -0.4 is 5.73 Å². The Bertz CT molecular complexity index is 476. The molecule has 78 valence electrons. The summed E-state index contributed by atoms with van der Waals surface area (Å²) in [6.07, 6.45) is 1.84. The van der Waals surface area contributed by atoms with Crippen LogP contribution in [0.3, 0.4) is 0 Å². The van der Waals surface area contributed by atoms with Gasteiger partial charge in [0.15, 0.2) is 0 Å². The quantitative estimate of drug-likeness (QED) is 0.847. The molecule has 1 heterocycles. The molecule has 0 spiro atoms. The van der Waals surface area contributed by atoms with E-state index in [4.69, 9.17) is 17.3 Å². The van der Waals surface area contributed by atoms with Gasteiger partial charge in [-0.15, -0.1) is 0 Å². The molecule has 0 saturated heterocycles. The van der Waals surface area contributed by atoms with E-state index in [1.54, 1.807) is 10.7 Å². The van der Waals surface area contributed by atoms with Gasteiger partial charge < -0.3 is 5.73 Å². The maximum Gasteiger partial charge on any atom is 0.145 e. The molecule has 0 unspecified atom stereocenters. The average Bonchev–Trinajstić information content (AvgIpc) is 2.56. The van der Waals surface area contributed by atoms with Crippen molar-refractivity contribution in [2.45, 2.75) is 13.5 Å². The lowest BCUT2D eigenvalue weighted by Gasteiger charge is -2.05. The fourth-order valence-corrected chi connectivity index (χ4v) is 1.72. The van der Waals surface area contributed by atoms with Crippen LogP contribution in [0.15, 0.2) is 30.5 Å². The van der Waals surface area contributed by atoms with Crippen LogP contribution in [0.25, 0.3) is 0 Å². The van der Waals surface area contributed by atoms with Gasteiger partial charge in [-0.05, 0) is 30.2 Å². The van der Waals surface area contributed by atoms with Crippen molar-refractivity contribution in [1.82, 2.24) is 9.78 Å². The van der Waals surface area contributed by atoms with Crippen molar-refractivity contribution >= 4 is 17.4 Å². The molecule has 0 radical (unpaired) electrons. The molecule has 1 aromatic carbocycles. The molecular formula is C11H12ClN3. The van der Waals surface area contributed by atoms with Crippen LogP contribution in [0, 0.1) is 6.92 Å². The molecule has 2 rings (SSSR count). The van der Waals surface area contributed by atoms with E-state index in [0.29, 0.717) is 12.4 Å². The van der Waals surface area contributed by atoms with Crippen molar-refractivity contribution in [2.75, 3.05) is 5.73 Å². The molecule has 4 heteroatoms. The third-order valence-corrected chi connectivity index (χ3v) is 2.55. The van der Waals surface area contributed by atoms with Crippen LogP contribution in [0.2, 0.25) is 5.02 Å². The summed E-state index contributed by atoms with van der Waals surface area (Å²) in [5.41, 5.74) is 7.73. The number of halogens is 1. The minimum Gasteiger partial charge on any atom is -0.382 e. The number of anilines is 1. The molecule has 0 aliphatic rings. The van der Waals surface area contributed by atoms with E-state index in [2.05, 4.69) is 5.10 Å². The summed E-state index contributed by atoms with van der Waals surface area (Å²) < 4.78 is 1.77. The second kappa shape index (κ2) is 3.95. The number of nitrogens with two attached hydrogens (primary N) is 1. The van der Waals surface area contributed by atoms with E-state index >= 15 is 0 Å². The molecule has 1 aromatic heterocycles. The highest BCUT2D eigenvalue weighted by atomic mass is 35.5. The molecule has 15 heavy (non-hydrogen) atoms. The van der Waals surface area contributed by atoms with Crippen LogP contribution in [0.5, 0.6) is 0 Å². The molecule has 0 saturated carbocycles. The zero-order valence-electron chi connectivity index (χ0n) is 8.44. The number of nitrogens with zero attached hydrogens (tertiary/aromatic N) is 2. The molecule has 0 atom stereocenters. The SMILES string of the molecule is Cc1ccc(Cn2ccc(N)n2)c(Cl)c1. The Morgan fingerprint density at radius 2 is 2.20 bits per heavy atom. The zero-order valence-corrected chi connectivity index (χ0v) is 9.20. The lowest BCUT2D eigenvalue weighted by Crippen LogP contribution is -2.01. The first-order chi connectivity index (χ1) is 7.15. The highest BCUT2D eigenvalue weighted by molar-refractivity contribution is 6.31. The van der Waals surface area contributed by atoms with Crippen LogP contribution in [-0.2, 0) is 6.54 Å². The monoisotopic (exact) mass is 221 g/mol. The van der Waals surface area contributed by atoms with Gasteiger partial charge in [-0.2, -0.15) is 5.10 Å². The maximum absolute atomic E-state index is 6.11. The molecule has 2 N–H and O–H groups in total. The Labute approximate surface area is 93.5 Å². The predicted octanol–water partition coefficient (Wildman–Crippen LogP) is 2.48. The molecule has 0 amide bonds. The number of aromatic nitrogens is 2. The second-order valence-corrected chi connectivity index (χ2v) is 3.94. The summed E-state index contributed by atoms with van der Waals surface area (Å²) in [6.45, 7) is 2.66. The fourth-order valence-electron chi connectivity index (χ4n) is 1.42. The molecule has 3 nitrogen and oxygen atoms in total. The molecule has 0 fully saturated rings. The van der Waals surface area contributed by atoms with Gasteiger partial charge in [-0.25, -0.2) is 0 Å². The number of rotatable bonds is 2. The first-order valence-corrected chi connectivity index (χ1v) is 5.07. The molecule has 0 aliphatic carbocycles. The molecule has 2 aromatic rings. The summed E-state index contributed by atoms with van der Waals surface area (Å²) in [4.78, 5) is 0. The Balaban J connectivity index is 2.24. The Kier molecular flexibility index (Phi) is 2.64. The van der Waals surface area contributed by atoms with Gasteiger partial charge in [0.1, 0.15) is 5.82 Å². The van der Waals surface area contributed by atoms with E-state index < -0.39 is 0 Å². The first kappa shape index (κ1) is 10.1. The topological polar surface area (TPSA) is 43.8 Å². The largest absolute Gasteiger partial charge is 0.382 e. The lowest BCUT2D eigenvalue weighted by atomic mass is 10.1. The van der Waals surface area contributed by atoms with Gasteiger partial charge in [0, 0.05) is 11.2 Å². The van der Waals surface area contributed by atoms with Gasteiger partial charge >= 0.3 is 0 Å². The van der Waals surface area contributed by atoms with Gasteiger partial charge in [0.05, 0.1) is 6.54 Å². The average molecular weight is 222 g/mol. The maximum atomic E-state index is 6.11. The van der Waals surface area contributed by atoms with E-state index in [1.165, 1.54) is 0 Å². The van der Waals surface area contributed by atoms with Crippen LogP contribution in [0.1, 0.15) is 11.1 Å². The van der Waals surface area contributed by atoms with Crippen LogP contribution in [0.4, 0.5) is 5.82 Å². The Hall–Kier alpha value is -1.48. The summed E-state index contributed by atoms with van der Waals surface area (Å²) in [7, 11) is 0. The van der Waals surface area contributed by atoms with Crippen molar-refractivity contribution in [2.24, 2.45) is 0 Å². The second-order valence-electron chi connectivity index (χ2n) is 3.53. The van der Waals surface area contributed by atoms with Gasteiger partial charge in [-0.1, -0.05) is 23.7 Å². The summed E-state index contributed by atoms with van der Waals surface area (Å²) in [5.74, 6) is 0.526. The van der Waals surface area contributed by atoms with Gasteiger partial charge in [-0.3, -0.25) is 4.68 Å². The summed E-state index contributed by atoms with van der Waals surface area (Å²) >= 11 is 6.11. The summed E-state index contributed by atoms with van der Waals surface area (Å²) in [5, 5.41) is 4.87. The van der Waals surface area contributed by atoms with Crippen LogP contribution in [-0.4, -0.2) is 9.78 Å². The minimum atomic E-state index is 0.526. The van der Waals surface area contributed by atoms with Crippen molar-refractivity contribution < 1.29 is 0 Å². The third-order valence-electron chi connectivity index (χ3n) is 2.20. The number of hydrogen-bond donors (Lipinski definition) is 1. The number of hydrogen-bond acceptors (Lipinski definition) is 2. The van der Waals surface area contributed by atoms with Crippen molar-refractivity contribution in [3.8, 4) is 0 Å². The highest BCUT2D eigenvalue weighted by Crippen LogP contribution is 2.18. The molecule has 0 bridgehead atoms. The van der Waals surface area contributed by atoms with E-state index in [9.17, 15) is 0 Å². The van der Waals surface area contributed by atoms with Gasteiger partial charge in [0.2, 0.25) is 0 Å². The number of benzene rings is 1. The Morgan fingerprint density at radius 1 is 1.40 bits per heavy atom. The zero-order chi connectivity index (χ0) is 10.8. The molecule has 0 aliphatic heterocycles. The normalized spacial score (nSPS) is 10.5. The highest BCUT2D eigenvalue weighted by Gasteiger charge is 2.02. The fraction of sp³-hybridized carbons (Fsp3) is 0.182. The Morgan fingerprint density at radius 3 is 2.80 bits per heavy atom. The smallest absolute Gasteiger partial charge is 0.145 e. The standard InChI is InChI=1S/C11H12ClN3/c1-8-2-3-9(10(12)6-8)7-15-5-4-11(13)14-15/h2-6H,7H2,1H3,(H2,13,14). The van der Waals surface area contributed by atoms with Crippen molar-refractivity contribution in [3.05, 3.63) is 46.6 Å². The first-order valence-electron chi connectivity index (χ1n) is 4.69. The number of nitrogen functional groups attached to an aromatic ring is 1. The van der Waals surface area contributed by atoms with Crippen molar-refractivity contribution in [1.29, 1.82) is 0 Å². The van der Waals surface area contributed by atoms with E-state index in [0.717, 1.165) is 16.1 Å². The van der Waals surface area contributed by atoms with E-state index in [1.807, 2.05) is 31.3 Å². The third kappa shape index (κ3) is 2.30. The van der Waals surface area contributed by atoms with Crippen molar-refractivity contribution in [3.63, 3.8) is 0 Å². The predicted molar refractivity (Wildman–Crippen MR) is 61.9 cm³/mol.